The second kappa shape index (κ2) is 10.5. The Morgan fingerprint density at radius 3 is 2.62 bits per heavy atom. The van der Waals surface area contributed by atoms with Gasteiger partial charge in [-0.3, -0.25) is 14.5 Å². The van der Waals surface area contributed by atoms with Crippen molar-refractivity contribution in [2.45, 2.75) is 45.6 Å². The number of carbonyl (C=O) groups excluding carboxylic acids is 1. The molecule has 1 amide bonds. The van der Waals surface area contributed by atoms with Gasteiger partial charge in [0.15, 0.2) is 16.9 Å². The summed E-state index contributed by atoms with van der Waals surface area (Å²) < 4.78 is 17.7. The number of pyridine rings is 1. The summed E-state index contributed by atoms with van der Waals surface area (Å²) in [6.45, 7) is 4.70. The molecule has 37 heavy (non-hydrogen) atoms. The molecule has 0 N–H and O–H groups in total. The largest absolute Gasteiger partial charge is 0.493 e. The van der Waals surface area contributed by atoms with Gasteiger partial charge in [-0.15, -0.1) is 0 Å². The molecule has 1 aliphatic heterocycles. The third-order valence-electron chi connectivity index (χ3n) is 6.68. The molecule has 2 aromatic carbocycles. The number of fused-ring (bicyclic) bond motifs is 2. The van der Waals surface area contributed by atoms with E-state index in [0.717, 1.165) is 24.8 Å². The molecule has 3 heterocycles. The molecule has 1 aliphatic rings. The van der Waals surface area contributed by atoms with Gasteiger partial charge in [-0.1, -0.05) is 44.4 Å². The van der Waals surface area contributed by atoms with Crippen molar-refractivity contribution in [2.24, 2.45) is 0 Å². The van der Waals surface area contributed by atoms with E-state index in [1.54, 1.807) is 37.6 Å². The van der Waals surface area contributed by atoms with Crippen LogP contribution in [0.25, 0.3) is 11.0 Å². The number of anilines is 1. The van der Waals surface area contributed by atoms with E-state index < -0.39 is 11.9 Å². The van der Waals surface area contributed by atoms with E-state index in [9.17, 15) is 9.59 Å². The van der Waals surface area contributed by atoms with Gasteiger partial charge in [0.25, 0.3) is 5.91 Å². The highest BCUT2D eigenvalue weighted by Gasteiger charge is 2.44. The van der Waals surface area contributed by atoms with Gasteiger partial charge in [0, 0.05) is 6.20 Å². The zero-order valence-corrected chi connectivity index (χ0v) is 21.3. The van der Waals surface area contributed by atoms with E-state index in [2.05, 4.69) is 11.9 Å². The summed E-state index contributed by atoms with van der Waals surface area (Å²) in [7, 11) is 1.58. The van der Waals surface area contributed by atoms with E-state index in [1.807, 2.05) is 37.3 Å². The Kier molecular flexibility index (Phi) is 6.95. The minimum absolute atomic E-state index is 0.0345. The van der Waals surface area contributed by atoms with Crippen LogP contribution in [0.3, 0.4) is 0 Å². The quantitative estimate of drug-likeness (QED) is 0.255. The van der Waals surface area contributed by atoms with Crippen LogP contribution in [0.4, 0.5) is 5.82 Å². The molecule has 1 atom stereocenters. The summed E-state index contributed by atoms with van der Waals surface area (Å²) in [5.74, 6) is 1.23. The average Bonchev–Trinajstić information content (AvgIpc) is 3.21. The van der Waals surface area contributed by atoms with Crippen molar-refractivity contribution in [1.29, 1.82) is 0 Å². The van der Waals surface area contributed by atoms with Crippen molar-refractivity contribution in [2.75, 3.05) is 18.6 Å². The molecule has 0 spiro atoms. The van der Waals surface area contributed by atoms with Crippen LogP contribution in [0.2, 0.25) is 0 Å². The lowest BCUT2D eigenvalue weighted by Gasteiger charge is -2.25. The van der Waals surface area contributed by atoms with Gasteiger partial charge in [0.2, 0.25) is 5.76 Å². The predicted octanol–water partition coefficient (Wildman–Crippen LogP) is 6.21. The van der Waals surface area contributed by atoms with Crippen LogP contribution in [-0.2, 0) is 0 Å². The number of aryl methyl sites for hydroxylation is 1. The Hall–Kier alpha value is -4.13. The number of aromatic nitrogens is 1. The summed E-state index contributed by atoms with van der Waals surface area (Å²) in [4.78, 5) is 33.5. The fourth-order valence-electron chi connectivity index (χ4n) is 4.81. The maximum atomic E-state index is 13.7. The van der Waals surface area contributed by atoms with E-state index >= 15 is 0 Å². The molecule has 190 valence electrons. The molecule has 7 heteroatoms. The van der Waals surface area contributed by atoms with Crippen LogP contribution in [0, 0.1) is 6.92 Å². The van der Waals surface area contributed by atoms with Gasteiger partial charge in [-0.25, -0.2) is 4.98 Å². The monoisotopic (exact) mass is 498 g/mol. The van der Waals surface area contributed by atoms with Gasteiger partial charge in [0.05, 0.1) is 30.7 Å². The highest BCUT2D eigenvalue weighted by atomic mass is 16.5. The highest BCUT2D eigenvalue weighted by Crippen LogP contribution is 2.42. The molecule has 0 radical (unpaired) electrons. The number of hydrogen-bond acceptors (Lipinski definition) is 6. The lowest BCUT2D eigenvalue weighted by molar-refractivity contribution is 0.0970. The zero-order chi connectivity index (χ0) is 25.9. The Balaban J connectivity index is 1.62. The number of rotatable bonds is 9. The lowest BCUT2D eigenvalue weighted by atomic mass is 9.98. The molecular formula is C30H30N2O5. The molecular weight excluding hydrogens is 468 g/mol. The van der Waals surface area contributed by atoms with Crippen LogP contribution in [0.1, 0.15) is 65.9 Å². The van der Waals surface area contributed by atoms with Crippen molar-refractivity contribution < 1.29 is 18.7 Å². The maximum Gasteiger partial charge on any atom is 0.296 e. The topological polar surface area (TPSA) is 81.9 Å². The number of para-hydroxylation sites is 1. The first-order valence-electron chi connectivity index (χ1n) is 12.7. The van der Waals surface area contributed by atoms with E-state index in [1.165, 1.54) is 11.3 Å². The minimum Gasteiger partial charge on any atom is -0.493 e. The maximum absolute atomic E-state index is 13.7. The second-order valence-corrected chi connectivity index (χ2v) is 9.26. The summed E-state index contributed by atoms with van der Waals surface area (Å²) in [6.07, 6.45) is 6.06. The Bertz CT molecular complexity index is 1510. The Labute approximate surface area is 215 Å². The van der Waals surface area contributed by atoms with Crippen molar-refractivity contribution in [3.05, 3.63) is 93.5 Å². The molecule has 0 aliphatic carbocycles. The normalized spacial score (nSPS) is 14.7. The van der Waals surface area contributed by atoms with Crippen LogP contribution < -0.4 is 19.8 Å². The molecule has 0 fully saturated rings. The van der Waals surface area contributed by atoms with Crippen LogP contribution in [0.5, 0.6) is 11.5 Å². The second-order valence-electron chi connectivity index (χ2n) is 9.26. The number of ether oxygens (including phenoxy) is 2. The summed E-state index contributed by atoms with van der Waals surface area (Å²) >= 11 is 0. The summed E-state index contributed by atoms with van der Waals surface area (Å²) in [6, 6.07) is 15.5. The van der Waals surface area contributed by atoms with Crippen LogP contribution in [0.15, 0.2) is 70.0 Å². The molecule has 0 saturated carbocycles. The van der Waals surface area contributed by atoms with Gasteiger partial charge in [-0.05, 0) is 60.9 Å². The number of hydrogen-bond donors (Lipinski definition) is 0. The van der Waals surface area contributed by atoms with E-state index in [0.29, 0.717) is 46.0 Å². The Morgan fingerprint density at radius 1 is 1.00 bits per heavy atom. The number of carbonyl (C=O) groups is 1. The fraction of sp³-hybridized carbons (Fsp3) is 0.300. The molecule has 7 nitrogen and oxygen atoms in total. The van der Waals surface area contributed by atoms with Crippen molar-refractivity contribution >= 4 is 22.7 Å². The molecule has 0 bridgehead atoms. The van der Waals surface area contributed by atoms with E-state index in [-0.39, 0.29) is 11.2 Å². The lowest BCUT2D eigenvalue weighted by Crippen LogP contribution is -2.30. The number of unbranched alkanes of at least 4 members (excludes halogenated alkanes) is 3. The number of methoxy groups -OCH3 is 1. The third kappa shape index (κ3) is 4.57. The van der Waals surface area contributed by atoms with Gasteiger partial charge < -0.3 is 13.9 Å². The summed E-state index contributed by atoms with van der Waals surface area (Å²) in [5, 5.41) is 0.428. The third-order valence-corrected chi connectivity index (χ3v) is 6.68. The van der Waals surface area contributed by atoms with Gasteiger partial charge in [-0.2, -0.15) is 0 Å². The predicted molar refractivity (Wildman–Crippen MR) is 143 cm³/mol. The number of nitrogens with zero attached hydrogens (tertiary/aromatic N) is 2. The van der Waals surface area contributed by atoms with E-state index in [4.69, 9.17) is 13.9 Å². The fourth-order valence-corrected chi connectivity index (χ4v) is 4.81. The first-order chi connectivity index (χ1) is 18.0. The Morgan fingerprint density at radius 2 is 1.84 bits per heavy atom. The van der Waals surface area contributed by atoms with Crippen molar-refractivity contribution in [1.82, 2.24) is 4.98 Å². The zero-order valence-electron chi connectivity index (χ0n) is 21.3. The SMILES string of the molecule is CCCCCCOc1ccc([C@@H]2c3c(oc4ccccc4c3=O)C(=O)N2c2cc(C)ccn2)cc1OC. The molecule has 0 saturated heterocycles. The van der Waals surface area contributed by atoms with Crippen LogP contribution in [-0.4, -0.2) is 24.6 Å². The smallest absolute Gasteiger partial charge is 0.296 e. The molecule has 0 unspecified atom stereocenters. The first kappa shape index (κ1) is 24.6. The molecule has 5 rings (SSSR count). The average molecular weight is 499 g/mol. The van der Waals surface area contributed by atoms with Crippen molar-refractivity contribution in [3.8, 4) is 11.5 Å². The number of amides is 1. The summed E-state index contributed by atoms with van der Waals surface area (Å²) in [5.41, 5.74) is 2.08. The first-order valence-corrected chi connectivity index (χ1v) is 12.7. The van der Waals surface area contributed by atoms with Gasteiger partial charge >= 0.3 is 0 Å². The van der Waals surface area contributed by atoms with Crippen molar-refractivity contribution in [3.63, 3.8) is 0 Å². The minimum atomic E-state index is -0.731. The molecule has 4 aromatic rings. The highest BCUT2D eigenvalue weighted by molar-refractivity contribution is 6.10. The number of benzene rings is 2. The standard InChI is InChI=1S/C30H30N2O5/c1-4-5-6-9-16-36-23-13-12-20(18-24(23)35-3)27-26-28(33)21-10-7-8-11-22(21)37-29(26)30(34)32(27)25-17-19(2)14-15-31-25/h7-8,10-15,17-18,27H,4-6,9,16H2,1-3H3/t27-/m1/s1. The van der Waals surface area contributed by atoms with Gasteiger partial charge in [0.1, 0.15) is 11.4 Å². The van der Waals surface area contributed by atoms with Crippen LogP contribution >= 0.6 is 0 Å². The molecule has 2 aromatic heterocycles.